The number of thiazole rings is 1. The molecule has 0 bridgehead atoms. The summed E-state index contributed by atoms with van der Waals surface area (Å²) in [5, 5.41) is 3.91. The molecule has 2 aromatic carbocycles. The molecule has 0 saturated heterocycles. The van der Waals surface area contributed by atoms with E-state index in [4.69, 9.17) is 4.74 Å². The van der Waals surface area contributed by atoms with Crippen LogP contribution in [0.5, 0.6) is 0 Å². The van der Waals surface area contributed by atoms with Gasteiger partial charge in [-0.25, -0.2) is 4.98 Å². The fraction of sp³-hybridized carbons (Fsp3) is 0.292. The summed E-state index contributed by atoms with van der Waals surface area (Å²) in [6.07, 6.45) is 1.02. The lowest BCUT2D eigenvalue weighted by Crippen LogP contribution is -2.19. The summed E-state index contributed by atoms with van der Waals surface area (Å²) < 4.78 is 8.16. The van der Waals surface area contributed by atoms with E-state index < -0.39 is 0 Å². The van der Waals surface area contributed by atoms with Gasteiger partial charge in [0.05, 0.1) is 27.6 Å². The van der Waals surface area contributed by atoms with Crippen molar-refractivity contribution in [2.45, 2.75) is 33.3 Å². The number of aliphatic imine (C=N–C) groups is 1. The highest BCUT2D eigenvalue weighted by molar-refractivity contribution is 7.20. The number of para-hydroxylation sites is 1. The number of hydrogen-bond acceptors (Lipinski definition) is 5. The molecular formula is C24H26N4O2S. The maximum atomic E-state index is 13.5. The maximum absolute atomic E-state index is 13.5. The lowest BCUT2D eigenvalue weighted by molar-refractivity contribution is 0.0783. The number of ether oxygens (including phenoxy) is 1. The molecule has 2 heterocycles. The average Bonchev–Trinajstić information content (AvgIpc) is 3.34. The van der Waals surface area contributed by atoms with Gasteiger partial charge >= 0.3 is 0 Å². The predicted octanol–water partition coefficient (Wildman–Crippen LogP) is 5.07. The highest BCUT2D eigenvalue weighted by Crippen LogP contribution is 2.26. The Labute approximate surface area is 185 Å². The molecule has 4 rings (SSSR count). The number of aromatic nitrogens is 3. The first-order chi connectivity index (χ1) is 15.0. The van der Waals surface area contributed by atoms with Gasteiger partial charge in [-0.05, 0) is 39.3 Å². The Balaban J connectivity index is 1.73. The van der Waals surface area contributed by atoms with Gasteiger partial charge in [-0.1, -0.05) is 53.8 Å². The summed E-state index contributed by atoms with van der Waals surface area (Å²) in [5.41, 5.74) is 3.72. The van der Waals surface area contributed by atoms with Gasteiger partial charge in [-0.3, -0.25) is 14.9 Å². The van der Waals surface area contributed by atoms with Crippen molar-refractivity contribution >= 4 is 27.3 Å². The zero-order valence-electron chi connectivity index (χ0n) is 18.0. The second kappa shape index (κ2) is 9.41. The number of fused-ring (bicyclic) bond motifs is 1. The van der Waals surface area contributed by atoms with E-state index in [0.29, 0.717) is 29.6 Å². The number of H-pyrrole nitrogens is 1. The maximum Gasteiger partial charge on any atom is 0.283 e. The van der Waals surface area contributed by atoms with Crippen LogP contribution >= 0.6 is 11.3 Å². The Hall–Kier alpha value is -3.03. The van der Waals surface area contributed by atoms with Crippen LogP contribution in [0.4, 0.5) is 0 Å². The number of nitrogens with one attached hydrogen (secondary N) is 1. The molecule has 160 valence electrons. The molecule has 0 aliphatic rings. The summed E-state index contributed by atoms with van der Waals surface area (Å²) >= 11 is 1.48. The van der Waals surface area contributed by atoms with Crippen LogP contribution in [-0.2, 0) is 4.74 Å². The predicted molar refractivity (Wildman–Crippen MR) is 128 cm³/mol. The Morgan fingerprint density at radius 1 is 1.16 bits per heavy atom. The van der Waals surface area contributed by atoms with Crippen molar-refractivity contribution in [1.82, 2.24) is 14.8 Å². The van der Waals surface area contributed by atoms with E-state index in [1.165, 1.54) is 16.0 Å². The zero-order chi connectivity index (χ0) is 21.8. The third kappa shape index (κ3) is 4.68. The van der Waals surface area contributed by atoms with Crippen molar-refractivity contribution in [3.63, 3.8) is 0 Å². The molecule has 0 atom stereocenters. The van der Waals surface area contributed by atoms with Gasteiger partial charge in [0, 0.05) is 24.4 Å². The summed E-state index contributed by atoms with van der Waals surface area (Å²) in [6, 6.07) is 17.7. The lowest BCUT2D eigenvalue weighted by atomic mass is 10.1. The third-order valence-corrected chi connectivity index (χ3v) is 5.91. The van der Waals surface area contributed by atoms with Crippen LogP contribution in [0.25, 0.3) is 26.6 Å². The SMILES string of the molecule is CC(=NCCCOC(C)C)c1c(-c2ccccc2)[nH]n(-c2nc3ccccc3s2)c1=O. The zero-order valence-corrected chi connectivity index (χ0v) is 18.8. The van der Waals surface area contributed by atoms with Crippen LogP contribution in [0.3, 0.4) is 0 Å². The van der Waals surface area contributed by atoms with Gasteiger partial charge in [0.15, 0.2) is 0 Å². The molecule has 0 aliphatic carbocycles. The first-order valence-corrected chi connectivity index (χ1v) is 11.3. The smallest absolute Gasteiger partial charge is 0.283 e. The molecule has 4 aromatic rings. The number of aromatic amines is 1. The largest absolute Gasteiger partial charge is 0.379 e. The van der Waals surface area contributed by atoms with Gasteiger partial charge in [-0.2, -0.15) is 4.68 Å². The standard InChI is InChI=1S/C24H26N4O2S/c1-16(2)30-15-9-14-25-17(3)21-22(18-10-5-4-6-11-18)27-28(23(21)29)24-26-19-12-7-8-13-20(19)31-24/h4-8,10-13,16,27H,9,14-15H2,1-3H3. The minimum absolute atomic E-state index is 0.141. The molecule has 1 N–H and O–H groups in total. The first kappa shape index (κ1) is 21.2. The summed E-state index contributed by atoms with van der Waals surface area (Å²) in [6.45, 7) is 7.19. The normalized spacial score (nSPS) is 12.2. The van der Waals surface area contributed by atoms with Crippen LogP contribution < -0.4 is 5.56 Å². The second-order valence-corrected chi connectivity index (χ2v) is 8.58. The van der Waals surface area contributed by atoms with Crippen LogP contribution in [0.15, 0.2) is 64.4 Å². The fourth-order valence-electron chi connectivity index (χ4n) is 3.39. The fourth-order valence-corrected chi connectivity index (χ4v) is 4.31. The molecule has 0 amide bonds. The number of hydrogen-bond donors (Lipinski definition) is 1. The summed E-state index contributed by atoms with van der Waals surface area (Å²) in [4.78, 5) is 22.8. The van der Waals surface area contributed by atoms with Gasteiger partial charge < -0.3 is 4.74 Å². The average molecular weight is 435 g/mol. The van der Waals surface area contributed by atoms with Crippen molar-refractivity contribution in [1.29, 1.82) is 0 Å². The van der Waals surface area contributed by atoms with Crippen molar-refractivity contribution in [3.8, 4) is 16.4 Å². The Morgan fingerprint density at radius 3 is 2.65 bits per heavy atom. The molecule has 0 radical (unpaired) electrons. The number of benzene rings is 2. The Morgan fingerprint density at radius 2 is 1.90 bits per heavy atom. The molecule has 0 spiro atoms. The second-order valence-electron chi connectivity index (χ2n) is 7.57. The number of rotatable bonds is 8. The van der Waals surface area contributed by atoms with Crippen molar-refractivity contribution in [3.05, 3.63) is 70.5 Å². The van der Waals surface area contributed by atoms with Crippen molar-refractivity contribution < 1.29 is 4.74 Å². The molecule has 7 heteroatoms. The number of nitrogens with zero attached hydrogens (tertiary/aromatic N) is 3. The summed E-state index contributed by atoms with van der Waals surface area (Å²) in [7, 11) is 0. The first-order valence-electron chi connectivity index (χ1n) is 10.4. The van der Waals surface area contributed by atoms with Crippen LogP contribution in [0.1, 0.15) is 32.8 Å². The molecule has 0 saturated carbocycles. The monoisotopic (exact) mass is 434 g/mol. The minimum atomic E-state index is -0.141. The Kier molecular flexibility index (Phi) is 6.44. The van der Waals surface area contributed by atoms with Crippen LogP contribution in [0, 0.1) is 0 Å². The van der Waals surface area contributed by atoms with E-state index in [2.05, 4.69) is 15.1 Å². The third-order valence-electron chi connectivity index (χ3n) is 4.89. The van der Waals surface area contributed by atoms with Crippen molar-refractivity contribution in [2.24, 2.45) is 4.99 Å². The molecule has 0 fully saturated rings. The quantitative estimate of drug-likeness (QED) is 0.311. The highest BCUT2D eigenvalue weighted by Gasteiger charge is 2.20. The van der Waals surface area contributed by atoms with Gasteiger partial charge in [-0.15, -0.1) is 0 Å². The molecule has 0 aliphatic heterocycles. The van der Waals surface area contributed by atoms with Gasteiger partial charge in [0.1, 0.15) is 0 Å². The minimum Gasteiger partial charge on any atom is -0.379 e. The van der Waals surface area contributed by atoms with Crippen molar-refractivity contribution in [2.75, 3.05) is 13.2 Å². The molecule has 0 unspecified atom stereocenters. The van der Waals surface area contributed by atoms with Crippen LogP contribution in [-0.4, -0.2) is 39.7 Å². The highest BCUT2D eigenvalue weighted by atomic mass is 32.1. The Bertz CT molecular complexity index is 1220. The molecular weight excluding hydrogens is 408 g/mol. The van der Waals surface area contributed by atoms with E-state index in [0.717, 1.165) is 27.9 Å². The van der Waals surface area contributed by atoms with Gasteiger partial charge in [0.25, 0.3) is 5.56 Å². The van der Waals surface area contributed by atoms with E-state index in [-0.39, 0.29) is 11.7 Å². The van der Waals surface area contributed by atoms with Gasteiger partial charge in [0.2, 0.25) is 5.13 Å². The van der Waals surface area contributed by atoms with Crippen LogP contribution in [0.2, 0.25) is 0 Å². The van der Waals surface area contributed by atoms with E-state index in [1.54, 1.807) is 0 Å². The summed E-state index contributed by atoms with van der Waals surface area (Å²) in [5.74, 6) is 0. The molecule has 2 aromatic heterocycles. The molecule has 31 heavy (non-hydrogen) atoms. The lowest BCUT2D eigenvalue weighted by Gasteiger charge is -2.06. The van der Waals surface area contributed by atoms with E-state index in [1.807, 2.05) is 75.4 Å². The molecule has 6 nitrogen and oxygen atoms in total. The van der Waals surface area contributed by atoms with E-state index >= 15 is 0 Å². The van der Waals surface area contributed by atoms with E-state index in [9.17, 15) is 4.79 Å². The topological polar surface area (TPSA) is 72.3 Å².